The van der Waals surface area contributed by atoms with Crippen LogP contribution in [0.4, 0.5) is 34.1 Å². The van der Waals surface area contributed by atoms with Gasteiger partial charge in [0.25, 0.3) is 0 Å². The van der Waals surface area contributed by atoms with E-state index in [1.807, 2.05) is 142 Å². The van der Waals surface area contributed by atoms with Crippen molar-refractivity contribution in [2.75, 3.05) is 90.5 Å². The van der Waals surface area contributed by atoms with E-state index < -0.39 is 38.6 Å². The Morgan fingerprint density at radius 3 is 1.15 bits per heavy atom. The zero-order valence-electron chi connectivity index (χ0n) is 67.6. The Morgan fingerprint density at radius 2 is 0.785 bits per heavy atom. The van der Waals surface area contributed by atoms with E-state index in [0.717, 1.165) is 91.1 Å². The second-order valence-electron chi connectivity index (χ2n) is 22.8. The van der Waals surface area contributed by atoms with Crippen molar-refractivity contribution in [1.29, 1.82) is 0 Å². The van der Waals surface area contributed by atoms with Gasteiger partial charge in [-0.1, -0.05) is 58.2 Å². The van der Waals surface area contributed by atoms with E-state index in [4.69, 9.17) is 56.8 Å². The number of benzene rings is 7. The smallest absolute Gasteiger partial charge is 0.155 e. The zero-order chi connectivity index (χ0) is 81.1. The molecule has 0 unspecified atom stereocenters. The normalized spacial score (nSPS) is 12.2. The Bertz CT molecular complexity index is 5820. The predicted octanol–water partition coefficient (Wildman–Crippen LogP) is 15.0. The first-order chi connectivity index (χ1) is 54.5. The van der Waals surface area contributed by atoms with Crippen LogP contribution in [0.1, 0.15) is 47.2 Å². The lowest BCUT2D eigenvalue weighted by Crippen LogP contribution is -2.21. The number of aryl methyl sites for hydroxylation is 3. The monoisotopic (exact) mass is 1440 g/mol. The van der Waals surface area contributed by atoms with Gasteiger partial charge in [-0.25, -0.2) is 19.9 Å². The van der Waals surface area contributed by atoms with Crippen molar-refractivity contribution >= 4 is 67.2 Å². The van der Waals surface area contributed by atoms with Crippen molar-refractivity contribution in [1.82, 2.24) is 64.2 Å². The zero-order valence-corrected chi connectivity index (χ0v) is 57.6. The number of aliphatic hydroxyl groups is 1. The van der Waals surface area contributed by atoms with Gasteiger partial charge in [0.2, 0.25) is 0 Å². The van der Waals surface area contributed by atoms with Gasteiger partial charge >= 0.3 is 0 Å². The number of pyridine rings is 1. The number of nitrogens with zero attached hydrogens (tertiary/aromatic N) is 16. The third kappa shape index (κ3) is 19.0. The summed E-state index contributed by atoms with van der Waals surface area (Å²) in [6.07, 6.45) is 17.4. The lowest BCUT2D eigenvalue weighted by Gasteiger charge is -2.25. The first-order valence-corrected chi connectivity index (χ1v) is 31.9. The first kappa shape index (κ1) is 64.3. The number of hydrogen-bond donors (Lipinski definition) is 1. The minimum atomic E-state index is -3.48. The molecule has 0 bridgehead atoms. The Morgan fingerprint density at radius 1 is 0.402 bits per heavy atom. The quantitative estimate of drug-likeness (QED) is 0.0698. The highest BCUT2D eigenvalue weighted by atomic mass is 16.5. The fraction of sp³-hybridized carbons (Fsp3) is 0.205. The van der Waals surface area contributed by atoms with Gasteiger partial charge in [-0.3, -0.25) is 29.0 Å². The number of fused-ring (bicyclic) bond motifs is 3. The van der Waals surface area contributed by atoms with Crippen LogP contribution in [-0.2, 0) is 21.1 Å². The average molecular weight is 1450 g/mol. The van der Waals surface area contributed by atoms with Crippen molar-refractivity contribution in [3.63, 3.8) is 0 Å². The van der Waals surface area contributed by atoms with Gasteiger partial charge < -0.3 is 53.0 Å². The molecule has 0 aliphatic rings. The summed E-state index contributed by atoms with van der Waals surface area (Å²) in [5.74, 6) is 15.5. The highest BCUT2D eigenvalue weighted by molar-refractivity contribution is 5.86. The molecule has 1 N–H and O–H groups in total. The maximum Gasteiger partial charge on any atom is 0.155 e. The van der Waals surface area contributed by atoms with Gasteiger partial charge in [-0.05, 0) is 84.8 Å². The topological polar surface area (TPSA) is 238 Å². The van der Waals surface area contributed by atoms with Crippen LogP contribution in [0.2, 0.25) is 0 Å². The number of anilines is 6. The molecule has 107 heavy (non-hydrogen) atoms. The molecule has 0 atom stereocenters. The molecular weight excluding hydrogens is 1350 g/mol. The molecule has 0 saturated heterocycles. The van der Waals surface area contributed by atoms with E-state index in [0.29, 0.717) is 69.2 Å². The lowest BCUT2D eigenvalue weighted by atomic mass is 10.2. The standard InChI is InChI=1S/C29H26N6O3.C29H25N5O2.C22H23N5O3.3CH4/c1-34-19-20(17-32-34)28-18-31-25-10-9-21(15-27(25)33-28)35(22-13-23(36-2)16-24(14-22)37-3)12-6-7-26-29(38-4)8-5-11-30-26;1-33-20-22(18-31-33)29-19-30-27-12-11-23(16-28(27)32-29)34(13-7-10-21-8-5-4-6-9-21)24-14-25(35-2)17-26(15-24)36-3;1-26-14-15(12-24-26)22-13-23-20-5-4-16(10-21(20)25-22)27(6-7-28)17-8-18(29-2)11-19(9-17)30-3;;;/h5,8-11,13-19H,12H2,1-4H3;4-6,8-9,11-12,14-20H,13H2,1-3H3;4-5,8-14,28H,6-7H2,1-3H3;3*1H4/i;;2D3,3D3,6D2,7D2;;;. The van der Waals surface area contributed by atoms with Crippen molar-refractivity contribution in [2.24, 2.45) is 21.1 Å². The molecule has 0 spiro atoms. The van der Waals surface area contributed by atoms with Crippen LogP contribution in [0.25, 0.3) is 66.9 Å². The third-order valence-electron chi connectivity index (χ3n) is 16.0. The maximum atomic E-state index is 10.2. The number of hydrogen-bond acceptors (Lipinski definition) is 21. The van der Waals surface area contributed by atoms with Gasteiger partial charge in [-0.15, -0.1) is 0 Å². The summed E-state index contributed by atoms with van der Waals surface area (Å²) < 4.78 is 120. The Labute approximate surface area is 637 Å². The molecule has 0 aliphatic carbocycles. The van der Waals surface area contributed by atoms with Gasteiger partial charge in [0, 0.05) is 163 Å². The van der Waals surface area contributed by atoms with Crippen molar-refractivity contribution in [3.8, 4) is 97.7 Å². The SMILES string of the molecule is C.C.C.COc1cc(OC)cc(N(CC#Cc2ccccc2)c2ccc3ncc(-c4cnn(C)c4)nc3c2)c1.COc1cc(OC)cc(N(CC#Cc2ncccc2OC)c2ccc3ncc(-c4cnn(C)c4)nc3c2)c1.[2H]C([2H])([2H])Oc1cc(OC([2H])([2H])[2H])cc(N(c2ccc3ncc(-c4cnn(C)c4)nc3c2)C([2H])([2H])C([2H])([2H])O)c1. The average Bonchev–Trinajstić information content (AvgIpc) is 1.36. The molecule has 7 heterocycles. The summed E-state index contributed by atoms with van der Waals surface area (Å²) in [5, 5.41) is 22.8. The number of aromatic nitrogens is 13. The second kappa shape index (κ2) is 36.5. The Kier molecular flexibility index (Phi) is 21.9. The van der Waals surface area contributed by atoms with Crippen LogP contribution in [-0.4, -0.2) is 145 Å². The first-order valence-electron chi connectivity index (χ1n) is 36.9. The molecule has 0 amide bonds. The molecule has 14 rings (SSSR count). The van der Waals surface area contributed by atoms with Crippen LogP contribution in [0.5, 0.6) is 40.2 Å². The largest absolute Gasteiger partial charge is 0.497 e. The van der Waals surface area contributed by atoms with E-state index in [-0.39, 0.29) is 39.2 Å². The molecule has 24 nitrogen and oxygen atoms in total. The summed E-state index contributed by atoms with van der Waals surface area (Å²) in [4.78, 5) is 37.1. The molecule has 546 valence electrons. The summed E-state index contributed by atoms with van der Waals surface area (Å²) in [6, 6.07) is 44.4. The summed E-state index contributed by atoms with van der Waals surface area (Å²) in [5.41, 5.74) is 13.0. The molecule has 14 aromatic rings. The maximum absolute atomic E-state index is 10.2. The van der Waals surface area contributed by atoms with Crippen LogP contribution < -0.4 is 47.9 Å². The molecule has 0 radical (unpaired) electrons. The van der Waals surface area contributed by atoms with Crippen LogP contribution in [0.3, 0.4) is 0 Å². The molecule has 24 heteroatoms. The lowest BCUT2D eigenvalue weighted by molar-refractivity contribution is 0.305. The number of rotatable bonds is 20. The van der Waals surface area contributed by atoms with E-state index in [2.05, 4.69) is 73.7 Å². The van der Waals surface area contributed by atoms with Crippen molar-refractivity contribution in [2.45, 2.75) is 22.3 Å². The Balaban J connectivity index is 0.000000198. The highest BCUT2D eigenvalue weighted by Gasteiger charge is 2.19. The van der Waals surface area contributed by atoms with Crippen LogP contribution >= 0.6 is 0 Å². The van der Waals surface area contributed by atoms with Gasteiger partial charge in [-0.2, -0.15) is 15.3 Å². The van der Waals surface area contributed by atoms with Crippen LogP contribution in [0, 0.1) is 23.7 Å². The summed E-state index contributed by atoms with van der Waals surface area (Å²) >= 11 is 0. The highest BCUT2D eigenvalue weighted by Crippen LogP contribution is 2.38. The van der Waals surface area contributed by atoms with Crippen molar-refractivity contribution in [3.05, 3.63) is 225 Å². The predicted molar refractivity (Wildman–Crippen MR) is 423 cm³/mol. The fourth-order valence-electron chi connectivity index (χ4n) is 10.8. The van der Waals surface area contributed by atoms with Gasteiger partial charge in [0.1, 0.15) is 34.5 Å². The molecule has 7 aromatic heterocycles. The Hall–Kier alpha value is -13.6. The third-order valence-corrected chi connectivity index (χ3v) is 16.0. The fourth-order valence-corrected chi connectivity index (χ4v) is 10.8. The molecule has 0 aliphatic heterocycles. The summed E-state index contributed by atoms with van der Waals surface area (Å²) in [6.45, 7) is -5.87. The molecule has 0 saturated carbocycles. The number of methoxy groups -OCH3 is 7. The molecular formula is C83H86N16O8. The second-order valence-corrected chi connectivity index (χ2v) is 22.8. The van der Waals surface area contributed by atoms with Gasteiger partial charge in [0.05, 0.1) is 170 Å². The molecule has 0 fully saturated rings. The van der Waals surface area contributed by atoms with Gasteiger partial charge in [0.15, 0.2) is 11.4 Å². The number of ether oxygens (including phenoxy) is 7. The van der Waals surface area contributed by atoms with E-state index in [9.17, 15) is 5.11 Å². The minimum Gasteiger partial charge on any atom is -0.497 e. The van der Waals surface area contributed by atoms with Crippen LogP contribution in [0.15, 0.2) is 214 Å². The van der Waals surface area contributed by atoms with E-state index >= 15 is 0 Å². The van der Waals surface area contributed by atoms with E-state index in [1.165, 1.54) is 24.4 Å². The van der Waals surface area contributed by atoms with E-state index in [1.54, 1.807) is 100 Å². The minimum absolute atomic E-state index is 0. The molecule has 7 aromatic carbocycles. The van der Waals surface area contributed by atoms with Crippen molar-refractivity contribution < 1.29 is 52.0 Å². The summed E-state index contributed by atoms with van der Waals surface area (Å²) in [7, 11) is 7.69.